The van der Waals surface area contributed by atoms with E-state index in [0.29, 0.717) is 12.2 Å². The van der Waals surface area contributed by atoms with Crippen LogP contribution in [0.1, 0.15) is 5.69 Å². The average molecular weight is 232 g/mol. The van der Waals surface area contributed by atoms with Gasteiger partial charge in [0.05, 0.1) is 31.2 Å². The third kappa shape index (κ3) is 2.85. The minimum absolute atomic E-state index is 0.0310. The van der Waals surface area contributed by atoms with Crippen LogP contribution in [-0.4, -0.2) is 32.4 Å². The van der Waals surface area contributed by atoms with Crippen molar-refractivity contribution in [3.8, 4) is 5.69 Å². The minimum Gasteiger partial charge on any atom is -0.349 e. The third-order valence-electron chi connectivity index (χ3n) is 2.10. The van der Waals surface area contributed by atoms with Crippen LogP contribution in [0.5, 0.6) is 0 Å². The van der Waals surface area contributed by atoms with Gasteiger partial charge in [-0.3, -0.25) is 9.78 Å². The lowest BCUT2D eigenvalue weighted by Gasteiger charge is -1.99. The quantitative estimate of drug-likeness (QED) is 0.721. The number of nitrogens with zero attached hydrogens (tertiary/aromatic N) is 4. The SMILES string of the molecule is NCC(=O)NCc1cn(-c2cccnc2)nn1. The van der Waals surface area contributed by atoms with Gasteiger partial charge in [-0.05, 0) is 12.1 Å². The van der Waals surface area contributed by atoms with E-state index in [1.165, 1.54) is 0 Å². The van der Waals surface area contributed by atoms with Gasteiger partial charge in [0, 0.05) is 6.20 Å². The molecule has 0 saturated heterocycles. The molecule has 0 radical (unpaired) electrons. The van der Waals surface area contributed by atoms with Crippen LogP contribution in [0.2, 0.25) is 0 Å². The van der Waals surface area contributed by atoms with E-state index in [1.807, 2.05) is 12.1 Å². The van der Waals surface area contributed by atoms with Crippen LogP contribution in [0.3, 0.4) is 0 Å². The number of nitrogens with two attached hydrogens (primary N) is 1. The number of rotatable bonds is 4. The maximum atomic E-state index is 11.0. The van der Waals surface area contributed by atoms with E-state index in [9.17, 15) is 4.79 Å². The molecule has 0 aliphatic carbocycles. The summed E-state index contributed by atoms with van der Waals surface area (Å²) < 4.78 is 1.59. The number of nitrogens with one attached hydrogen (secondary N) is 1. The van der Waals surface area contributed by atoms with Gasteiger partial charge in [-0.2, -0.15) is 0 Å². The first-order valence-electron chi connectivity index (χ1n) is 5.08. The average Bonchev–Trinajstić information content (AvgIpc) is 2.86. The highest BCUT2D eigenvalue weighted by Crippen LogP contribution is 2.03. The van der Waals surface area contributed by atoms with E-state index in [4.69, 9.17) is 5.73 Å². The molecule has 7 nitrogen and oxygen atoms in total. The van der Waals surface area contributed by atoms with E-state index in [2.05, 4.69) is 20.6 Å². The lowest BCUT2D eigenvalue weighted by molar-refractivity contribution is -0.119. The molecule has 7 heteroatoms. The molecule has 0 spiro atoms. The molecule has 0 aliphatic rings. The third-order valence-corrected chi connectivity index (χ3v) is 2.10. The monoisotopic (exact) mass is 232 g/mol. The van der Waals surface area contributed by atoms with Gasteiger partial charge in [-0.1, -0.05) is 5.21 Å². The van der Waals surface area contributed by atoms with Gasteiger partial charge >= 0.3 is 0 Å². The second-order valence-corrected chi connectivity index (χ2v) is 3.35. The first-order chi connectivity index (χ1) is 8.29. The summed E-state index contributed by atoms with van der Waals surface area (Å²) in [5.74, 6) is -0.221. The van der Waals surface area contributed by atoms with E-state index in [1.54, 1.807) is 23.3 Å². The Bertz CT molecular complexity index is 495. The molecule has 3 N–H and O–H groups in total. The minimum atomic E-state index is -0.221. The summed E-state index contributed by atoms with van der Waals surface area (Å²) in [6, 6.07) is 3.68. The fraction of sp³-hybridized carbons (Fsp3) is 0.200. The molecule has 0 aliphatic heterocycles. The van der Waals surface area contributed by atoms with Gasteiger partial charge in [0.15, 0.2) is 0 Å². The molecule has 0 bridgehead atoms. The first kappa shape index (κ1) is 11.2. The predicted molar refractivity (Wildman–Crippen MR) is 60.1 cm³/mol. The Balaban J connectivity index is 2.04. The van der Waals surface area contributed by atoms with Crippen LogP contribution < -0.4 is 11.1 Å². The molecule has 17 heavy (non-hydrogen) atoms. The maximum Gasteiger partial charge on any atom is 0.234 e. The van der Waals surface area contributed by atoms with Crippen LogP contribution in [0.4, 0.5) is 0 Å². The number of hydrogen-bond acceptors (Lipinski definition) is 5. The highest BCUT2D eigenvalue weighted by molar-refractivity contribution is 5.77. The fourth-order valence-electron chi connectivity index (χ4n) is 1.26. The Morgan fingerprint density at radius 3 is 3.12 bits per heavy atom. The standard InChI is InChI=1S/C10H12N6O/c11-4-10(17)13-5-8-7-16(15-14-8)9-2-1-3-12-6-9/h1-3,6-7H,4-5,11H2,(H,13,17). The van der Waals surface area contributed by atoms with Crippen molar-refractivity contribution < 1.29 is 4.79 Å². The molecular formula is C10H12N6O. The number of pyridine rings is 1. The number of carbonyl (C=O) groups is 1. The second-order valence-electron chi connectivity index (χ2n) is 3.35. The van der Waals surface area contributed by atoms with Crippen molar-refractivity contribution >= 4 is 5.91 Å². The Kier molecular flexibility index (Phi) is 3.41. The lowest BCUT2D eigenvalue weighted by atomic mass is 10.4. The van der Waals surface area contributed by atoms with Gasteiger partial charge in [-0.15, -0.1) is 5.10 Å². The zero-order chi connectivity index (χ0) is 12.1. The van der Waals surface area contributed by atoms with Crippen LogP contribution in [0.15, 0.2) is 30.7 Å². The summed E-state index contributed by atoms with van der Waals surface area (Å²) in [6.45, 7) is 0.285. The van der Waals surface area contributed by atoms with Crippen molar-refractivity contribution in [3.63, 3.8) is 0 Å². The molecule has 1 amide bonds. The molecule has 0 aromatic carbocycles. The second kappa shape index (κ2) is 5.17. The van der Waals surface area contributed by atoms with E-state index < -0.39 is 0 Å². The summed E-state index contributed by atoms with van der Waals surface area (Å²) >= 11 is 0. The zero-order valence-electron chi connectivity index (χ0n) is 9.08. The molecule has 2 aromatic heterocycles. The van der Waals surface area contributed by atoms with Gasteiger partial charge in [0.1, 0.15) is 5.69 Å². The zero-order valence-corrected chi connectivity index (χ0v) is 9.08. The molecule has 2 rings (SSSR count). The molecule has 2 aromatic rings. The van der Waals surface area contributed by atoms with Gasteiger partial charge in [0.2, 0.25) is 5.91 Å². The van der Waals surface area contributed by atoms with Crippen LogP contribution >= 0.6 is 0 Å². The van der Waals surface area contributed by atoms with Crippen LogP contribution in [0.25, 0.3) is 5.69 Å². The Hall–Kier alpha value is -2.28. The van der Waals surface area contributed by atoms with Crippen molar-refractivity contribution in [1.29, 1.82) is 0 Å². The number of amides is 1. The summed E-state index contributed by atoms with van der Waals surface area (Å²) in [5.41, 5.74) is 6.65. The molecule has 0 unspecified atom stereocenters. The number of aromatic nitrogens is 4. The number of carbonyl (C=O) groups excluding carboxylic acids is 1. The van der Waals surface area contributed by atoms with Crippen molar-refractivity contribution in [3.05, 3.63) is 36.4 Å². The predicted octanol–water partition coefficient (Wildman–Crippen LogP) is -0.763. The maximum absolute atomic E-state index is 11.0. The van der Waals surface area contributed by atoms with E-state index in [0.717, 1.165) is 5.69 Å². The van der Waals surface area contributed by atoms with Crippen molar-refractivity contribution in [1.82, 2.24) is 25.3 Å². The van der Waals surface area contributed by atoms with Crippen molar-refractivity contribution in [2.75, 3.05) is 6.54 Å². The van der Waals surface area contributed by atoms with Crippen molar-refractivity contribution in [2.45, 2.75) is 6.54 Å². The van der Waals surface area contributed by atoms with E-state index in [-0.39, 0.29) is 12.5 Å². The fourth-order valence-corrected chi connectivity index (χ4v) is 1.26. The van der Waals surface area contributed by atoms with Crippen LogP contribution in [0, 0.1) is 0 Å². The molecule has 88 valence electrons. The van der Waals surface area contributed by atoms with Gasteiger partial charge in [0.25, 0.3) is 0 Å². The van der Waals surface area contributed by atoms with Crippen molar-refractivity contribution in [2.24, 2.45) is 5.73 Å². The first-order valence-corrected chi connectivity index (χ1v) is 5.08. The molecule has 0 saturated carbocycles. The highest BCUT2D eigenvalue weighted by atomic mass is 16.1. The normalized spacial score (nSPS) is 10.2. The van der Waals surface area contributed by atoms with E-state index >= 15 is 0 Å². The summed E-state index contributed by atoms with van der Waals surface area (Å²) in [7, 11) is 0. The largest absolute Gasteiger partial charge is 0.349 e. The Morgan fingerprint density at radius 2 is 2.41 bits per heavy atom. The molecule has 0 fully saturated rings. The van der Waals surface area contributed by atoms with Gasteiger partial charge in [-0.25, -0.2) is 4.68 Å². The summed E-state index contributed by atoms with van der Waals surface area (Å²) in [4.78, 5) is 14.9. The molecule has 0 atom stereocenters. The van der Waals surface area contributed by atoms with Crippen LogP contribution in [-0.2, 0) is 11.3 Å². The van der Waals surface area contributed by atoms with Gasteiger partial charge < -0.3 is 11.1 Å². The lowest BCUT2D eigenvalue weighted by Crippen LogP contribution is -2.29. The Labute approximate surface area is 97.6 Å². The smallest absolute Gasteiger partial charge is 0.234 e. The number of hydrogen-bond donors (Lipinski definition) is 2. The Morgan fingerprint density at radius 1 is 1.53 bits per heavy atom. The molecule has 2 heterocycles. The molecular weight excluding hydrogens is 220 g/mol. The highest BCUT2D eigenvalue weighted by Gasteiger charge is 2.04. The topological polar surface area (TPSA) is 98.7 Å². The summed E-state index contributed by atoms with van der Waals surface area (Å²) in [5, 5.41) is 10.5. The summed E-state index contributed by atoms with van der Waals surface area (Å²) in [6.07, 6.45) is 5.09.